The Bertz CT molecular complexity index is 819. The molecule has 1 atom stereocenters. The third-order valence-electron chi connectivity index (χ3n) is 3.58. The molecule has 0 aromatic heterocycles. The SMILES string of the molecule is C[C@@H](OCc1cc(F)cc(/C(=C/C(=N)N)Nc2ccccc2)c1)C(F)(F)F. The minimum Gasteiger partial charge on any atom is -0.384 e. The van der Waals surface area contributed by atoms with Crippen molar-refractivity contribution in [3.05, 3.63) is 71.6 Å². The molecule has 0 radical (unpaired) electrons. The summed E-state index contributed by atoms with van der Waals surface area (Å²) < 4.78 is 56.5. The molecule has 27 heavy (non-hydrogen) atoms. The summed E-state index contributed by atoms with van der Waals surface area (Å²) in [5, 5.41) is 10.5. The lowest BCUT2D eigenvalue weighted by molar-refractivity contribution is -0.217. The molecule has 4 nitrogen and oxygen atoms in total. The molecule has 0 aliphatic rings. The molecule has 0 fully saturated rings. The molecule has 0 unspecified atom stereocenters. The predicted octanol–water partition coefficient (Wildman–Crippen LogP) is 4.68. The molecule has 144 valence electrons. The molecule has 0 saturated carbocycles. The number of anilines is 1. The predicted molar refractivity (Wildman–Crippen MR) is 96.7 cm³/mol. The Morgan fingerprint density at radius 1 is 1.22 bits per heavy atom. The Hall–Kier alpha value is -2.87. The first-order chi connectivity index (χ1) is 12.6. The van der Waals surface area contributed by atoms with E-state index in [0.29, 0.717) is 16.9 Å². The van der Waals surface area contributed by atoms with E-state index in [0.717, 1.165) is 13.0 Å². The van der Waals surface area contributed by atoms with E-state index in [1.165, 1.54) is 18.2 Å². The van der Waals surface area contributed by atoms with E-state index in [4.69, 9.17) is 15.9 Å². The van der Waals surface area contributed by atoms with Crippen molar-refractivity contribution in [1.82, 2.24) is 0 Å². The summed E-state index contributed by atoms with van der Waals surface area (Å²) in [6.07, 6.45) is -5.17. The second kappa shape index (κ2) is 8.68. The Kier molecular flexibility index (Phi) is 6.57. The molecule has 0 heterocycles. The summed E-state index contributed by atoms with van der Waals surface area (Å²) in [7, 11) is 0. The zero-order valence-electron chi connectivity index (χ0n) is 14.5. The van der Waals surface area contributed by atoms with Gasteiger partial charge in [-0.05, 0) is 42.8 Å². The lowest BCUT2D eigenvalue weighted by atomic mass is 10.1. The zero-order chi connectivity index (χ0) is 20.0. The first-order valence-corrected chi connectivity index (χ1v) is 8.01. The quantitative estimate of drug-likeness (QED) is 0.370. The molecule has 8 heteroatoms. The first-order valence-electron chi connectivity index (χ1n) is 8.01. The molecule has 0 saturated heterocycles. The van der Waals surface area contributed by atoms with Gasteiger partial charge in [0.05, 0.1) is 6.61 Å². The van der Waals surface area contributed by atoms with Crippen molar-refractivity contribution in [2.45, 2.75) is 25.8 Å². The average Bonchev–Trinajstić information content (AvgIpc) is 2.58. The molecule has 0 amide bonds. The van der Waals surface area contributed by atoms with Crippen LogP contribution in [0.2, 0.25) is 0 Å². The van der Waals surface area contributed by atoms with Gasteiger partial charge in [-0.3, -0.25) is 5.41 Å². The number of nitrogens with two attached hydrogens (primary N) is 1. The summed E-state index contributed by atoms with van der Waals surface area (Å²) in [4.78, 5) is 0. The summed E-state index contributed by atoms with van der Waals surface area (Å²) >= 11 is 0. The Morgan fingerprint density at radius 3 is 2.48 bits per heavy atom. The number of halogens is 4. The summed E-state index contributed by atoms with van der Waals surface area (Å²) in [6.45, 7) is 0.475. The lowest BCUT2D eigenvalue weighted by Gasteiger charge is -2.17. The summed E-state index contributed by atoms with van der Waals surface area (Å²) in [6, 6.07) is 12.7. The number of amidine groups is 1. The van der Waals surface area contributed by atoms with Crippen molar-refractivity contribution in [2.24, 2.45) is 5.73 Å². The van der Waals surface area contributed by atoms with Gasteiger partial charge in [-0.25, -0.2) is 4.39 Å². The lowest BCUT2D eigenvalue weighted by Crippen LogP contribution is -2.28. The molecule has 2 aromatic rings. The fourth-order valence-corrected chi connectivity index (χ4v) is 2.23. The van der Waals surface area contributed by atoms with Crippen LogP contribution in [0.15, 0.2) is 54.6 Å². The second-order valence-electron chi connectivity index (χ2n) is 5.85. The molecule has 0 bridgehead atoms. The number of nitrogens with one attached hydrogen (secondary N) is 2. The smallest absolute Gasteiger partial charge is 0.384 e. The zero-order valence-corrected chi connectivity index (χ0v) is 14.5. The van der Waals surface area contributed by atoms with Crippen LogP contribution in [0.5, 0.6) is 0 Å². The number of para-hydroxylation sites is 1. The largest absolute Gasteiger partial charge is 0.414 e. The minimum absolute atomic E-state index is 0.227. The third kappa shape index (κ3) is 6.41. The Morgan fingerprint density at radius 2 is 1.89 bits per heavy atom. The summed E-state index contributed by atoms with van der Waals surface area (Å²) in [5.74, 6) is -0.906. The van der Waals surface area contributed by atoms with Gasteiger partial charge in [0.1, 0.15) is 11.7 Å². The van der Waals surface area contributed by atoms with E-state index in [1.54, 1.807) is 24.3 Å². The highest BCUT2D eigenvalue weighted by Gasteiger charge is 2.36. The normalized spacial score (nSPS) is 13.3. The van der Waals surface area contributed by atoms with Crippen molar-refractivity contribution in [3.63, 3.8) is 0 Å². The van der Waals surface area contributed by atoms with Gasteiger partial charge in [-0.1, -0.05) is 18.2 Å². The monoisotopic (exact) mass is 381 g/mol. The van der Waals surface area contributed by atoms with Crippen molar-refractivity contribution < 1.29 is 22.3 Å². The Labute approximate surface area is 154 Å². The molecule has 2 aromatic carbocycles. The summed E-state index contributed by atoms with van der Waals surface area (Å²) in [5.41, 5.74) is 6.99. The maximum absolute atomic E-state index is 14.0. The highest BCUT2D eigenvalue weighted by Crippen LogP contribution is 2.25. The van der Waals surface area contributed by atoms with E-state index >= 15 is 0 Å². The van der Waals surface area contributed by atoms with Gasteiger partial charge in [-0.15, -0.1) is 0 Å². The van der Waals surface area contributed by atoms with E-state index < -0.39 is 24.7 Å². The van der Waals surface area contributed by atoms with Crippen molar-refractivity contribution in [2.75, 3.05) is 5.32 Å². The average molecular weight is 381 g/mol. The number of hydrogen-bond acceptors (Lipinski definition) is 3. The van der Waals surface area contributed by atoms with Crippen molar-refractivity contribution in [1.29, 1.82) is 5.41 Å². The number of benzene rings is 2. The number of ether oxygens (including phenoxy) is 1. The fraction of sp³-hybridized carbons (Fsp3) is 0.211. The standard InChI is InChI=1S/C19H19F4N3O/c1-12(19(21,22)23)27-11-13-7-14(9-15(20)8-13)17(10-18(24)25)26-16-5-3-2-4-6-16/h2-10,12,26H,11H2,1H3,(H3,24,25)/b17-10-/t12-/m1/s1. The van der Waals surface area contributed by atoms with Gasteiger partial charge in [0.2, 0.25) is 0 Å². The molecule has 0 spiro atoms. The van der Waals surface area contributed by atoms with Crippen LogP contribution in [0.25, 0.3) is 5.70 Å². The molecular formula is C19H19F4N3O. The van der Waals surface area contributed by atoms with Crippen LogP contribution in [0.3, 0.4) is 0 Å². The number of hydrogen-bond donors (Lipinski definition) is 3. The van der Waals surface area contributed by atoms with E-state index in [9.17, 15) is 17.6 Å². The highest BCUT2D eigenvalue weighted by molar-refractivity contribution is 5.98. The van der Waals surface area contributed by atoms with Crippen molar-refractivity contribution >= 4 is 17.2 Å². The van der Waals surface area contributed by atoms with Crippen LogP contribution in [0, 0.1) is 11.2 Å². The molecule has 2 rings (SSSR count). The number of alkyl halides is 3. The Balaban J connectivity index is 2.28. The third-order valence-corrected chi connectivity index (χ3v) is 3.58. The first kappa shape index (κ1) is 20.4. The van der Waals surface area contributed by atoms with E-state index in [1.807, 2.05) is 6.07 Å². The van der Waals surface area contributed by atoms with Gasteiger partial charge in [0.15, 0.2) is 6.10 Å². The van der Waals surface area contributed by atoms with E-state index in [-0.39, 0.29) is 11.4 Å². The second-order valence-corrected chi connectivity index (χ2v) is 5.85. The van der Waals surface area contributed by atoms with Crippen LogP contribution in [-0.2, 0) is 11.3 Å². The topological polar surface area (TPSA) is 71.1 Å². The van der Waals surface area contributed by atoms with Crippen molar-refractivity contribution in [3.8, 4) is 0 Å². The van der Waals surface area contributed by atoms with Crippen LogP contribution in [-0.4, -0.2) is 18.1 Å². The van der Waals surface area contributed by atoms with E-state index in [2.05, 4.69) is 5.32 Å². The van der Waals surface area contributed by atoms with Gasteiger partial charge in [0, 0.05) is 23.0 Å². The molecule has 0 aliphatic carbocycles. The minimum atomic E-state index is -4.50. The van der Waals surface area contributed by atoms with Gasteiger partial charge < -0.3 is 15.8 Å². The fourth-order valence-electron chi connectivity index (χ4n) is 2.23. The van der Waals surface area contributed by atoms with Crippen LogP contribution >= 0.6 is 0 Å². The molecule has 0 aliphatic heterocycles. The van der Waals surface area contributed by atoms with Gasteiger partial charge in [-0.2, -0.15) is 13.2 Å². The highest BCUT2D eigenvalue weighted by atomic mass is 19.4. The van der Waals surface area contributed by atoms with Crippen LogP contribution < -0.4 is 11.1 Å². The maximum Gasteiger partial charge on any atom is 0.414 e. The van der Waals surface area contributed by atoms with Gasteiger partial charge in [0.25, 0.3) is 0 Å². The maximum atomic E-state index is 14.0. The number of rotatable bonds is 7. The van der Waals surface area contributed by atoms with Crippen LogP contribution in [0.4, 0.5) is 23.2 Å². The van der Waals surface area contributed by atoms with Crippen LogP contribution in [0.1, 0.15) is 18.1 Å². The van der Waals surface area contributed by atoms with Gasteiger partial charge >= 0.3 is 6.18 Å². The molecule has 4 N–H and O–H groups in total. The molecular weight excluding hydrogens is 362 g/mol.